The van der Waals surface area contributed by atoms with Gasteiger partial charge in [0, 0.05) is 12.6 Å². The van der Waals surface area contributed by atoms with Gasteiger partial charge in [-0.05, 0) is 6.42 Å². The molecule has 12 heavy (non-hydrogen) atoms. The molecule has 0 amide bonds. The van der Waals surface area contributed by atoms with Gasteiger partial charge in [-0.25, -0.2) is 0 Å². The number of aldehydes is 1. The minimum Gasteiger partial charge on any atom is -0.375 e. The van der Waals surface area contributed by atoms with E-state index in [-0.39, 0.29) is 0 Å². The van der Waals surface area contributed by atoms with Crippen LogP contribution in [0.5, 0.6) is 0 Å². The van der Waals surface area contributed by atoms with E-state index in [0.717, 1.165) is 24.0 Å². The molecule has 0 spiro atoms. The topological polar surface area (TPSA) is 44.1 Å². The quantitative estimate of drug-likeness (QED) is 0.564. The third kappa shape index (κ3) is 0.956. The normalized spacial score (nSPS) is 15.8. The first-order valence-corrected chi connectivity index (χ1v) is 3.90. The Morgan fingerprint density at radius 1 is 1.67 bits per heavy atom. The van der Waals surface area contributed by atoms with Crippen LogP contribution in [-0.2, 0) is 24.8 Å². The maximum Gasteiger partial charge on any atom is 0.170 e. The molecule has 0 bridgehead atoms. The van der Waals surface area contributed by atoms with Crippen molar-refractivity contribution in [3.63, 3.8) is 0 Å². The van der Waals surface area contributed by atoms with E-state index in [2.05, 4.69) is 5.10 Å². The molecule has 0 saturated heterocycles. The Morgan fingerprint density at radius 3 is 3.25 bits per heavy atom. The van der Waals surface area contributed by atoms with Crippen LogP contribution in [0.1, 0.15) is 21.7 Å². The second kappa shape index (κ2) is 2.71. The second-order valence-electron chi connectivity index (χ2n) is 2.85. The molecule has 0 saturated carbocycles. The zero-order chi connectivity index (χ0) is 8.55. The SMILES string of the molecule is Cn1nc(C=O)c2c1COCC2. The molecular weight excluding hydrogens is 156 g/mol. The Labute approximate surface area is 70.1 Å². The first-order valence-electron chi connectivity index (χ1n) is 3.90. The Balaban J connectivity index is 2.53. The minimum atomic E-state index is 0.566. The number of nitrogens with zero attached hydrogens (tertiary/aromatic N) is 2. The van der Waals surface area contributed by atoms with Crippen molar-refractivity contribution in [3.05, 3.63) is 17.0 Å². The number of fused-ring (bicyclic) bond motifs is 1. The van der Waals surface area contributed by atoms with Gasteiger partial charge in [0.05, 0.1) is 18.9 Å². The Hall–Kier alpha value is -1.16. The number of rotatable bonds is 1. The lowest BCUT2D eigenvalue weighted by atomic mass is 10.1. The molecule has 2 heterocycles. The standard InChI is InChI=1S/C8H10N2O2/c1-10-8-5-12-3-2-6(8)7(4-11)9-10/h4H,2-3,5H2,1H3. The summed E-state index contributed by atoms with van der Waals surface area (Å²) in [6.07, 6.45) is 1.61. The van der Waals surface area contributed by atoms with E-state index < -0.39 is 0 Å². The van der Waals surface area contributed by atoms with E-state index >= 15 is 0 Å². The summed E-state index contributed by atoms with van der Waals surface area (Å²) < 4.78 is 6.98. The van der Waals surface area contributed by atoms with Gasteiger partial charge in [0.1, 0.15) is 5.69 Å². The van der Waals surface area contributed by atoms with Crippen LogP contribution >= 0.6 is 0 Å². The molecule has 0 aromatic carbocycles. The lowest BCUT2D eigenvalue weighted by molar-refractivity contribution is 0.104. The van der Waals surface area contributed by atoms with Crippen molar-refractivity contribution in [2.24, 2.45) is 7.05 Å². The maximum absolute atomic E-state index is 10.6. The molecule has 4 nitrogen and oxygen atoms in total. The fourth-order valence-corrected chi connectivity index (χ4v) is 1.52. The highest BCUT2D eigenvalue weighted by Gasteiger charge is 2.18. The van der Waals surface area contributed by atoms with Gasteiger partial charge in [-0.2, -0.15) is 5.10 Å². The zero-order valence-corrected chi connectivity index (χ0v) is 6.91. The van der Waals surface area contributed by atoms with E-state index in [4.69, 9.17) is 4.74 Å². The number of hydrogen-bond donors (Lipinski definition) is 0. The van der Waals surface area contributed by atoms with Crippen LogP contribution in [0.2, 0.25) is 0 Å². The van der Waals surface area contributed by atoms with Gasteiger partial charge in [0.2, 0.25) is 0 Å². The maximum atomic E-state index is 10.6. The van der Waals surface area contributed by atoms with E-state index in [1.54, 1.807) is 4.68 Å². The number of ether oxygens (including phenoxy) is 1. The fourth-order valence-electron chi connectivity index (χ4n) is 1.52. The number of aryl methyl sites for hydroxylation is 1. The first kappa shape index (κ1) is 7.49. The van der Waals surface area contributed by atoms with Crippen molar-refractivity contribution in [3.8, 4) is 0 Å². The summed E-state index contributed by atoms with van der Waals surface area (Å²) in [5.41, 5.74) is 2.65. The van der Waals surface area contributed by atoms with Crippen LogP contribution in [0.3, 0.4) is 0 Å². The highest BCUT2D eigenvalue weighted by atomic mass is 16.5. The Morgan fingerprint density at radius 2 is 2.50 bits per heavy atom. The van der Waals surface area contributed by atoms with E-state index in [1.165, 1.54) is 0 Å². The monoisotopic (exact) mass is 166 g/mol. The van der Waals surface area contributed by atoms with Gasteiger partial charge in [-0.1, -0.05) is 0 Å². The number of hydrogen-bond acceptors (Lipinski definition) is 3. The van der Waals surface area contributed by atoms with Gasteiger partial charge in [-0.15, -0.1) is 0 Å². The summed E-state index contributed by atoms with van der Waals surface area (Å²) in [4.78, 5) is 10.6. The zero-order valence-electron chi connectivity index (χ0n) is 6.91. The van der Waals surface area contributed by atoms with Crippen molar-refractivity contribution in [1.82, 2.24) is 9.78 Å². The third-order valence-electron chi connectivity index (χ3n) is 2.15. The molecule has 0 N–H and O–H groups in total. The van der Waals surface area contributed by atoms with E-state index in [9.17, 15) is 4.79 Å². The molecule has 2 rings (SSSR count). The van der Waals surface area contributed by atoms with Crippen LogP contribution in [-0.4, -0.2) is 22.7 Å². The van der Waals surface area contributed by atoms with Crippen LogP contribution in [0.4, 0.5) is 0 Å². The van der Waals surface area contributed by atoms with Gasteiger partial charge in [0.25, 0.3) is 0 Å². The molecule has 4 heteroatoms. The lowest BCUT2D eigenvalue weighted by Crippen LogP contribution is -2.12. The van der Waals surface area contributed by atoms with Gasteiger partial charge < -0.3 is 4.74 Å². The average molecular weight is 166 g/mol. The molecule has 1 aromatic rings. The van der Waals surface area contributed by atoms with Crippen molar-refractivity contribution in [2.75, 3.05) is 6.61 Å². The molecule has 64 valence electrons. The molecule has 0 atom stereocenters. The third-order valence-corrected chi connectivity index (χ3v) is 2.15. The number of carbonyl (C=O) groups is 1. The molecule has 0 fully saturated rings. The Kier molecular flexibility index (Phi) is 1.69. The summed E-state index contributed by atoms with van der Waals surface area (Å²) in [5.74, 6) is 0. The molecule has 1 aliphatic heterocycles. The molecule has 0 unspecified atom stereocenters. The number of carbonyl (C=O) groups excluding carboxylic acids is 1. The van der Waals surface area contributed by atoms with Gasteiger partial charge in [-0.3, -0.25) is 9.48 Å². The van der Waals surface area contributed by atoms with Crippen molar-refractivity contribution < 1.29 is 9.53 Å². The smallest absolute Gasteiger partial charge is 0.170 e. The summed E-state index contributed by atoms with van der Waals surface area (Å²) >= 11 is 0. The average Bonchev–Trinajstić information content (AvgIpc) is 2.44. The van der Waals surface area contributed by atoms with Crippen LogP contribution in [0, 0.1) is 0 Å². The predicted octanol–water partition coefficient (Wildman–Crippen LogP) is 0.305. The minimum absolute atomic E-state index is 0.566. The molecular formula is C8H10N2O2. The number of aromatic nitrogens is 2. The van der Waals surface area contributed by atoms with Crippen molar-refractivity contribution >= 4 is 6.29 Å². The van der Waals surface area contributed by atoms with Gasteiger partial charge in [0.15, 0.2) is 6.29 Å². The fraction of sp³-hybridized carbons (Fsp3) is 0.500. The predicted molar refractivity (Wildman–Crippen MR) is 42.0 cm³/mol. The van der Waals surface area contributed by atoms with E-state index in [1.807, 2.05) is 7.05 Å². The first-order chi connectivity index (χ1) is 5.83. The Bertz CT molecular complexity index is 317. The largest absolute Gasteiger partial charge is 0.375 e. The van der Waals surface area contributed by atoms with Crippen LogP contribution in [0.15, 0.2) is 0 Å². The van der Waals surface area contributed by atoms with Crippen LogP contribution < -0.4 is 0 Å². The van der Waals surface area contributed by atoms with Crippen LogP contribution in [0.25, 0.3) is 0 Å². The molecule has 0 aliphatic carbocycles. The summed E-state index contributed by atoms with van der Waals surface area (Å²) in [6, 6.07) is 0. The molecule has 0 radical (unpaired) electrons. The van der Waals surface area contributed by atoms with E-state index in [0.29, 0.717) is 18.9 Å². The summed E-state index contributed by atoms with van der Waals surface area (Å²) in [6.45, 7) is 1.27. The highest BCUT2D eigenvalue weighted by Crippen LogP contribution is 2.18. The lowest BCUT2D eigenvalue weighted by Gasteiger charge is -2.12. The molecule has 1 aromatic heterocycles. The second-order valence-corrected chi connectivity index (χ2v) is 2.85. The summed E-state index contributed by atoms with van der Waals surface area (Å²) in [5, 5.41) is 4.08. The highest BCUT2D eigenvalue weighted by molar-refractivity contribution is 5.74. The van der Waals surface area contributed by atoms with Gasteiger partial charge >= 0.3 is 0 Å². The molecule has 1 aliphatic rings. The van der Waals surface area contributed by atoms with Crippen molar-refractivity contribution in [1.29, 1.82) is 0 Å². The summed E-state index contributed by atoms with van der Waals surface area (Å²) in [7, 11) is 1.83. The van der Waals surface area contributed by atoms with Crippen molar-refractivity contribution in [2.45, 2.75) is 13.0 Å².